The molecular formula is C22H24N4O2. The molecule has 0 saturated heterocycles. The molecule has 1 aromatic heterocycles. The number of rotatable bonds is 7. The van der Waals surface area contributed by atoms with Crippen LogP contribution in [0.1, 0.15) is 30.9 Å². The van der Waals surface area contributed by atoms with E-state index < -0.39 is 0 Å². The monoisotopic (exact) mass is 376 g/mol. The van der Waals surface area contributed by atoms with Crippen molar-refractivity contribution in [2.24, 2.45) is 0 Å². The third-order valence-electron chi connectivity index (χ3n) is 4.50. The van der Waals surface area contributed by atoms with E-state index in [1.807, 2.05) is 36.2 Å². The van der Waals surface area contributed by atoms with Gasteiger partial charge in [0, 0.05) is 19.2 Å². The summed E-state index contributed by atoms with van der Waals surface area (Å²) in [7, 11) is 1.89. The van der Waals surface area contributed by atoms with Gasteiger partial charge in [0.05, 0.1) is 6.20 Å². The predicted molar refractivity (Wildman–Crippen MR) is 111 cm³/mol. The standard InChI is InChI=1S/C22H24N4O2/c1-15(2)18-9-4-5-10-19(18)21-23-12-20(24-14-27)22(25-21)26(3)13-16-7-6-8-17(28)11-16/h4-12,14-15,28H,13H2,1-3H3,(H,24,27). The number of hydrogen-bond acceptors (Lipinski definition) is 5. The minimum absolute atomic E-state index is 0.214. The number of aromatic hydroxyl groups is 1. The fourth-order valence-electron chi connectivity index (χ4n) is 3.17. The maximum Gasteiger partial charge on any atom is 0.211 e. The lowest BCUT2D eigenvalue weighted by Crippen LogP contribution is -2.20. The second-order valence-corrected chi connectivity index (χ2v) is 6.96. The van der Waals surface area contributed by atoms with Gasteiger partial charge in [-0.25, -0.2) is 9.97 Å². The van der Waals surface area contributed by atoms with Gasteiger partial charge in [0.15, 0.2) is 11.6 Å². The Morgan fingerprint density at radius 1 is 1.18 bits per heavy atom. The molecule has 28 heavy (non-hydrogen) atoms. The number of carbonyl (C=O) groups excluding carboxylic acids is 1. The van der Waals surface area contributed by atoms with Gasteiger partial charge < -0.3 is 15.3 Å². The van der Waals surface area contributed by atoms with Crippen LogP contribution >= 0.6 is 0 Å². The Labute approximate surface area is 164 Å². The molecule has 2 aromatic carbocycles. The SMILES string of the molecule is CC(C)c1ccccc1-c1ncc(NC=O)c(N(C)Cc2cccc(O)c2)n1. The molecule has 0 bridgehead atoms. The third kappa shape index (κ3) is 4.28. The van der Waals surface area contributed by atoms with Gasteiger partial charge in [0.2, 0.25) is 6.41 Å². The van der Waals surface area contributed by atoms with Crippen LogP contribution in [0.2, 0.25) is 0 Å². The highest BCUT2D eigenvalue weighted by molar-refractivity contribution is 5.80. The van der Waals surface area contributed by atoms with Crippen LogP contribution in [0.15, 0.2) is 54.7 Å². The van der Waals surface area contributed by atoms with Crippen LogP contribution < -0.4 is 10.2 Å². The average Bonchev–Trinajstić information content (AvgIpc) is 2.68. The average molecular weight is 376 g/mol. The Kier molecular flexibility index (Phi) is 5.89. The van der Waals surface area contributed by atoms with Gasteiger partial charge in [-0.3, -0.25) is 4.79 Å². The zero-order chi connectivity index (χ0) is 20.1. The molecule has 3 rings (SSSR count). The maximum absolute atomic E-state index is 11.0. The Balaban J connectivity index is 2.01. The number of nitrogens with zero attached hydrogens (tertiary/aromatic N) is 3. The highest BCUT2D eigenvalue weighted by Gasteiger charge is 2.16. The summed E-state index contributed by atoms with van der Waals surface area (Å²) in [6.45, 7) is 4.79. The normalized spacial score (nSPS) is 10.7. The molecule has 0 radical (unpaired) electrons. The fraction of sp³-hybridized carbons (Fsp3) is 0.227. The van der Waals surface area contributed by atoms with Crippen molar-refractivity contribution < 1.29 is 9.90 Å². The van der Waals surface area contributed by atoms with E-state index in [1.165, 1.54) is 5.56 Å². The molecule has 0 spiro atoms. The van der Waals surface area contributed by atoms with Crippen LogP contribution in [0.25, 0.3) is 11.4 Å². The molecule has 6 nitrogen and oxygen atoms in total. The summed E-state index contributed by atoms with van der Waals surface area (Å²) in [5.74, 6) is 1.77. The summed E-state index contributed by atoms with van der Waals surface area (Å²) in [6.07, 6.45) is 2.24. The van der Waals surface area contributed by atoms with Crippen LogP contribution in [0, 0.1) is 0 Å². The number of anilines is 2. The van der Waals surface area contributed by atoms with Gasteiger partial charge in [0.25, 0.3) is 0 Å². The van der Waals surface area contributed by atoms with Crippen molar-refractivity contribution in [3.05, 3.63) is 65.9 Å². The van der Waals surface area contributed by atoms with Gasteiger partial charge in [-0.2, -0.15) is 0 Å². The molecule has 0 aliphatic heterocycles. The van der Waals surface area contributed by atoms with Crippen molar-refractivity contribution in [2.75, 3.05) is 17.3 Å². The molecule has 0 aliphatic carbocycles. The van der Waals surface area contributed by atoms with Gasteiger partial charge in [-0.15, -0.1) is 0 Å². The molecule has 0 unspecified atom stereocenters. The first kappa shape index (κ1) is 19.4. The first-order valence-electron chi connectivity index (χ1n) is 9.15. The number of nitrogens with one attached hydrogen (secondary N) is 1. The smallest absolute Gasteiger partial charge is 0.211 e. The van der Waals surface area contributed by atoms with Crippen LogP contribution in [0.3, 0.4) is 0 Å². The fourth-order valence-corrected chi connectivity index (χ4v) is 3.17. The van der Waals surface area contributed by atoms with Crippen molar-refractivity contribution in [2.45, 2.75) is 26.3 Å². The van der Waals surface area contributed by atoms with E-state index in [2.05, 4.69) is 30.2 Å². The largest absolute Gasteiger partial charge is 0.508 e. The van der Waals surface area contributed by atoms with Gasteiger partial charge >= 0.3 is 0 Å². The molecule has 0 fully saturated rings. The van der Waals surface area contributed by atoms with Crippen molar-refractivity contribution in [3.8, 4) is 17.1 Å². The summed E-state index contributed by atoms with van der Waals surface area (Å²) in [6, 6.07) is 15.1. The van der Waals surface area contributed by atoms with Crippen molar-refractivity contribution in [1.29, 1.82) is 0 Å². The minimum Gasteiger partial charge on any atom is -0.508 e. The highest BCUT2D eigenvalue weighted by Crippen LogP contribution is 2.30. The van der Waals surface area contributed by atoms with E-state index in [1.54, 1.807) is 24.4 Å². The topological polar surface area (TPSA) is 78.4 Å². The molecule has 0 atom stereocenters. The highest BCUT2D eigenvalue weighted by atomic mass is 16.3. The maximum atomic E-state index is 11.0. The summed E-state index contributed by atoms with van der Waals surface area (Å²) in [5, 5.41) is 12.4. The number of carbonyl (C=O) groups is 1. The van der Waals surface area contributed by atoms with Crippen LogP contribution in [-0.2, 0) is 11.3 Å². The lowest BCUT2D eigenvalue weighted by Gasteiger charge is -2.22. The first-order valence-corrected chi connectivity index (χ1v) is 9.15. The van der Waals surface area contributed by atoms with E-state index in [-0.39, 0.29) is 5.75 Å². The molecule has 144 valence electrons. The summed E-state index contributed by atoms with van der Waals surface area (Å²) in [4.78, 5) is 22.2. The number of phenolic OH excluding ortho intramolecular Hbond substituents is 1. The second-order valence-electron chi connectivity index (χ2n) is 6.96. The lowest BCUT2D eigenvalue weighted by atomic mass is 9.97. The van der Waals surface area contributed by atoms with Gasteiger partial charge in [-0.1, -0.05) is 50.2 Å². The van der Waals surface area contributed by atoms with E-state index in [0.29, 0.717) is 36.2 Å². The molecule has 2 N–H and O–H groups in total. The summed E-state index contributed by atoms with van der Waals surface area (Å²) >= 11 is 0. The number of aromatic nitrogens is 2. The molecule has 1 heterocycles. The van der Waals surface area contributed by atoms with Crippen LogP contribution in [-0.4, -0.2) is 28.5 Å². The number of phenols is 1. The number of hydrogen-bond donors (Lipinski definition) is 2. The zero-order valence-electron chi connectivity index (χ0n) is 16.3. The van der Waals surface area contributed by atoms with Crippen molar-refractivity contribution in [3.63, 3.8) is 0 Å². The summed E-state index contributed by atoms with van der Waals surface area (Å²) in [5.41, 5.74) is 3.60. The Morgan fingerprint density at radius 3 is 2.68 bits per heavy atom. The second kappa shape index (κ2) is 8.52. The van der Waals surface area contributed by atoms with E-state index in [0.717, 1.165) is 11.1 Å². The number of amides is 1. The van der Waals surface area contributed by atoms with E-state index >= 15 is 0 Å². The first-order chi connectivity index (χ1) is 13.5. The van der Waals surface area contributed by atoms with Crippen molar-refractivity contribution >= 4 is 17.9 Å². The molecule has 3 aromatic rings. The summed E-state index contributed by atoms with van der Waals surface area (Å²) < 4.78 is 0. The predicted octanol–water partition coefficient (Wildman–Crippen LogP) is 4.18. The van der Waals surface area contributed by atoms with E-state index in [4.69, 9.17) is 4.98 Å². The molecule has 6 heteroatoms. The van der Waals surface area contributed by atoms with Crippen molar-refractivity contribution in [1.82, 2.24) is 9.97 Å². The molecule has 0 aliphatic rings. The molecule has 1 amide bonds. The van der Waals surface area contributed by atoms with Gasteiger partial charge in [-0.05, 0) is 29.2 Å². The zero-order valence-corrected chi connectivity index (χ0v) is 16.3. The lowest BCUT2D eigenvalue weighted by molar-refractivity contribution is -0.105. The molecule has 0 saturated carbocycles. The molecular weight excluding hydrogens is 352 g/mol. The Bertz CT molecular complexity index is 972. The van der Waals surface area contributed by atoms with Gasteiger partial charge in [0.1, 0.15) is 11.4 Å². The quantitative estimate of drug-likeness (QED) is 0.605. The van der Waals surface area contributed by atoms with E-state index in [9.17, 15) is 9.90 Å². The van der Waals surface area contributed by atoms with Crippen LogP contribution in [0.5, 0.6) is 5.75 Å². The third-order valence-corrected chi connectivity index (χ3v) is 4.50. The Morgan fingerprint density at radius 2 is 1.96 bits per heavy atom. The minimum atomic E-state index is 0.214. The Hall–Kier alpha value is -3.41. The number of benzene rings is 2. The van der Waals surface area contributed by atoms with Crippen LogP contribution in [0.4, 0.5) is 11.5 Å².